The second-order valence-corrected chi connectivity index (χ2v) is 13.2. The molecule has 0 amide bonds. The molecule has 54 heavy (non-hydrogen) atoms. The van der Waals surface area contributed by atoms with E-state index >= 15 is 0 Å². The van der Waals surface area contributed by atoms with Crippen LogP contribution in [0.15, 0.2) is 195 Å². The highest BCUT2D eigenvalue weighted by Crippen LogP contribution is 2.29. The van der Waals surface area contributed by atoms with Crippen LogP contribution < -0.4 is 0 Å². The van der Waals surface area contributed by atoms with E-state index in [1.54, 1.807) is 0 Å². The van der Waals surface area contributed by atoms with Gasteiger partial charge in [-0.3, -0.25) is 9.97 Å². The zero-order valence-corrected chi connectivity index (χ0v) is 29.8. The molecule has 0 radical (unpaired) electrons. The highest BCUT2D eigenvalue weighted by Gasteiger charge is 2.07. The van der Waals surface area contributed by atoms with E-state index in [4.69, 9.17) is 0 Å². The molecule has 0 aliphatic carbocycles. The molecule has 0 spiro atoms. The average Bonchev–Trinajstić information content (AvgIpc) is 3.25. The van der Waals surface area contributed by atoms with Crippen LogP contribution in [0.3, 0.4) is 0 Å². The van der Waals surface area contributed by atoms with Gasteiger partial charge in [-0.15, -0.1) is 0 Å². The predicted molar refractivity (Wildman–Crippen MR) is 230 cm³/mol. The molecule has 8 rings (SSSR count). The van der Waals surface area contributed by atoms with E-state index in [2.05, 4.69) is 210 Å². The summed E-state index contributed by atoms with van der Waals surface area (Å²) in [6.45, 7) is 0. The minimum Gasteiger partial charge on any atom is -0.265 e. The van der Waals surface area contributed by atoms with Crippen molar-refractivity contribution in [2.75, 3.05) is 0 Å². The van der Waals surface area contributed by atoms with E-state index < -0.39 is 0 Å². The average molecular weight is 691 g/mol. The minimum atomic E-state index is 1.14. The van der Waals surface area contributed by atoms with Crippen molar-refractivity contribution < 1.29 is 0 Å². The van der Waals surface area contributed by atoms with Gasteiger partial charge in [0.15, 0.2) is 0 Å². The van der Waals surface area contributed by atoms with Gasteiger partial charge in [-0.25, -0.2) is 0 Å². The third kappa shape index (κ3) is 8.31. The number of rotatable bonds is 10. The van der Waals surface area contributed by atoms with Crippen LogP contribution in [0, 0.1) is 0 Å². The van der Waals surface area contributed by atoms with E-state index in [9.17, 15) is 0 Å². The van der Waals surface area contributed by atoms with E-state index in [0.717, 1.165) is 38.9 Å². The first kappa shape index (κ1) is 34.0. The molecule has 0 bridgehead atoms. The van der Waals surface area contributed by atoms with Crippen molar-refractivity contribution in [3.05, 3.63) is 250 Å². The van der Waals surface area contributed by atoms with Gasteiger partial charge in [-0.05, 0) is 126 Å². The molecule has 2 aromatic heterocycles. The molecule has 0 aliphatic rings. The summed E-state index contributed by atoms with van der Waals surface area (Å²) < 4.78 is 0. The Kier molecular flexibility index (Phi) is 10.3. The van der Waals surface area contributed by atoms with Gasteiger partial charge in [0.1, 0.15) is 0 Å². The van der Waals surface area contributed by atoms with Crippen molar-refractivity contribution in [2.24, 2.45) is 0 Å². The molecule has 6 aromatic carbocycles. The first-order valence-corrected chi connectivity index (χ1v) is 18.2. The summed E-state index contributed by atoms with van der Waals surface area (Å²) in [5.74, 6) is 0. The Balaban J connectivity index is 1.03. The molecule has 0 unspecified atom stereocenters. The number of aromatic nitrogens is 2. The zero-order valence-electron chi connectivity index (χ0n) is 29.8. The van der Waals surface area contributed by atoms with Crippen molar-refractivity contribution in [2.45, 2.75) is 0 Å². The molecular formula is C52H38N2. The topological polar surface area (TPSA) is 25.8 Å². The Hall–Kier alpha value is -7.16. The third-order valence-corrected chi connectivity index (χ3v) is 9.49. The third-order valence-electron chi connectivity index (χ3n) is 9.49. The molecule has 0 N–H and O–H groups in total. The standard InChI is InChI=1S/C52H38N2/c1-3-9-44(10-4-1)51(46-27-31-53-32-28-46)37-41-20-15-39(16-21-41)19-24-43-35-48-13-7-8-14-50(48)49(36-43)26-25-40-17-22-42(23-18-40)38-52(45-11-5-2-6-12-45)47-29-33-54-34-30-47/h1-38H. The summed E-state index contributed by atoms with van der Waals surface area (Å²) in [6.07, 6.45) is 20.7. The van der Waals surface area contributed by atoms with E-state index in [1.807, 2.05) is 30.9 Å². The second kappa shape index (κ2) is 16.5. The Morgan fingerprint density at radius 3 is 1.26 bits per heavy atom. The number of hydrogen-bond donors (Lipinski definition) is 0. The summed E-state index contributed by atoms with van der Waals surface area (Å²) in [4.78, 5) is 8.44. The van der Waals surface area contributed by atoms with Gasteiger partial charge < -0.3 is 0 Å². The first-order chi connectivity index (χ1) is 26.7. The van der Waals surface area contributed by atoms with E-state index in [1.165, 1.54) is 38.6 Å². The molecular weight excluding hydrogens is 653 g/mol. The molecule has 256 valence electrons. The number of hydrogen-bond acceptors (Lipinski definition) is 2. The van der Waals surface area contributed by atoms with Crippen molar-refractivity contribution in [3.63, 3.8) is 0 Å². The number of benzene rings is 6. The maximum Gasteiger partial charge on any atom is 0.0273 e. The number of fused-ring (bicyclic) bond motifs is 1. The van der Waals surface area contributed by atoms with Gasteiger partial charge in [0.25, 0.3) is 0 Å². The maximum absolute atomic E-state index is 4.22. The Morgan fingerprint density at radius 1 is 0.333 bits per heavy atom. The largest absolute Gasteiger partial charge is 0.265 e. The van der Waals surface area contributed by atoms with Gasteiger partial charge in [0, 0.05) is 24.8 Å². The molecule has 0 saturated carbocycles. The SMILES string of the molecule is C(=Cc1cc(C=Cc2ccc(C=C(c3ccccc3)c3ccncc3)cc2)c2ccccc2c1)c1ccc(C=C(c2ccccc2)c2ccncc2)cc1. The molecule has 2 heteroatoms. The van der Waals surface area contributed by atoms with Crippen molar-refractivity contribution >= 4 is 58.4 Å². The van der Waals surface area contributed by atoms with Crippen molar-refractivity contribution in [1.82, 2.24) is 9.97 Å². The van der Waals surface area contributed by atoms with Gasteiger partial charge in [0.2, 0.25) is 0 Å². The lowest BCUT2D eigenvalue weighted by molar-refractivity contribution is 1.32. The summed E-state index contributed by atoms with van der Waals surface area (Å²) >= 11 is 0. The Labute approximate surface area is 317 Å². The molecule has 0 fully saturated rings. The summed E-state index contributed by atoms with van der Waals surface area (Å²) in [7, 11) is 0. The number of nitrogens with zero attached hydrogens (tertiary/aromatic N) is 2. The van der Waals surface area contributed by atoms with Crippen LogP contribution in [0.4, 0.5) is 0 Å². The maximum atomic E-state index is 4.22. The lowest BCUT2D eigenvalue weighted by atomic mass is 9.96. The molecule has 0 saturated heterocycles. The molecule has 0 atom stereocenters. The zero-order chi connectivity index (χ0) is 36.4. The van der Waals surface area contributed by atoms with Gasteiger partial charge in [0.05, 0.1) is 0 Å². The highest BCUT2D eigenvalue weighted by molar-refractivity contribution is 5.96. The quantitative estimate of drug-likeness (QED) is 0.134. The predicted octanol–water partition coefficient (Wildman–Crippen LogP) is 13.1. The van der Waals surface area contributed by atoms with E-state index in [0.29, 0.717) is 0 Å². The fourth-order valence-electron chi connectivity index (χ4n) is 6.68. The van der Waals surface area contributed by atoms with Crippen molar-refractivity contribution in [3.8, 4) is 0 Å². The monoisotopic (exact) mass is 690 g/mol. The lowest BCUT2D eigenvalue weighted by Crippen LogP contribution is -1.88. The summed E-state index contributed by atoms with van der Waals surface area (Å²) in [5.41, 5.74) is 13.9. The Morgan fingerprint density at radius 2 is 0.741 bits per heavy atom. The molecule has 2 heterocycles. The first-order valence-electron chi connectivity index (χ1n) is 18.2. The van der Waals surface area contributed by atoms with E-state index in [-0.39, 0.29) is 0 Å². The normalized spacial score (nSPS) is 12.1. The highest BCUT2D eigenvalue weighted by atomic mass is 14.6. The fraction of sp³-hybridized carbons (Fsp3) is 0. The van der Waals surface area contributed by atoms with Crippen LogP contribution in [0.5, 0.6) is 0 Å². The minimum absolute atomic E-state index is 1.14. The van der Waals surface area contributed by atoms with Crippen LogP contribution in [-0.4, -0.2) is 9.97 Å². The van der Waals surface area contributed by atoms with Crippen molar-refractivity contribution in [1.29, 1.82) is 0 Å². The molecule has 2 nitrogen and oxygen atoms in total. The molecule has 8 aromatic rings. The van der Waals surface area contributed by atoms with Gasteiger partial charge in [-0.1, -0.05) is 158 Å². The number of pyridine rings is 2. The van der Waals surface area contributed by atoms with Crippen LogP contribution in [0.2, 0.25) is 0 Å². The summed E-state index contributed by atoms with van der Waals surface area (Å²) in [6, 6.07) is 59.8. The van der Waals surface area contributed by atoms with Crippen LogP contribution in [0.25, 0.3) is 58.4 Å². The second-order valence-electron chi connectivity index (χ2n) is 13.2. The van der Waals surface area contributed by atoms with Gasteiger partial charge in [-0.2, -0.15) is 0 Å². The fourth-order valence-corrected chi connectivity index (χ4v) is 6.68. The smallest absolute Gasteiger partial charge is 0.0273 e. The van der Waals surface area contributed by atoms with Crippen LogP contribution in [-0.2, 0) is 0 Å². The lowest BCUT2D eigenvalue weighted by Gasteiger charge is -2.09. The molecule has 0 aliphatic heterocycles. The van der Waals surface area contributed by atoms with Crippen LogP contribution >= 0.6 is 0 Å². The Bertz CT molecular complexity index is 2500. The summed E-state index contributed by atoms with van der Waals surface area (Å²) in [5, 5.41) is 2.45. The van der Waals surface area contributed by atoms with Crippen LogP contribution in [0.1, 0.15) is 55.6 Å². The van der Waals surface area contributed by atoms with Gasteiger partial charge >= 0.3 is 0 Å².